The van der Waals surface area contributed by atoms with E-state index in [1.807, 2.05) is 30.3 Å². The van der Waals surface area contributed by atoms with Gasteiger partial charge in [-0.2, -0.15) is 0 Å². The number of aliphatic hydroxyl groups is 1. The number of carbonyl (C=O) groups excluding carboxylic acids is 3. The molecule has 2 unspecified atom stereocenters. The van der Waals surface area contributed by atoms with E-state index in [9.17, 15) is 14.4 Å². The molecule has 3 aromatic rings. The van der Waals surface area contributed by atoms with E-state index in [0.29, 0.717) is 22.0 Å². The number of carbonyl (C=O) groups is 3. The number of amides is 4. The van der Waals surface area contributed by atoms with Crippen LogP contribution in [-0.2, 0) is 9.59 Å². The van der Waals surface area contributed by atoms with Gasteiger partial charge in [-0.15, -0.1) is 0 Å². The highest BCUT2D eigenvalue weighted by molar-refractivity contribution is 9.10. The summed E-state index contributed by atoms with van der Waals surface area (Å²) in [4.78, 5) is 41.4. The van der Waals surface area contributed by atoms with Crippen LogP contribution in [-0.4, -0.2) is 47.1 Å². The van der Waals surface area contributed by atoms with Gasteiger partial charge in [-0.25, -0.2) is 9.69 Å². The van der Waals surface area contributed by atoms with Gasteiger partial charge in [0.05, 0.1) is 17.3 Å². The molecule has 0 aliphatic carbocycles. The molecule has 10 heteroatoms. The molecule has 0 saturated carbocycles. The molecule has 3 N–H and O–H groups in total. The second kappa shape index (κ2) is 11.8. The van der Waals surface area contributed by atoms with Crippen LogP contribution in [0.25, 0.3) is 0 Å². The zero-order chi connectivity index (χ0) is 26.5. The molecule has 8 nitrogen and oxygen atoms in total. The van der Waals surface area contributed by atoms with Gasteiger partial charge in [0.25, 0.3) is 5.91 Å². The van der Waals surface area contributed by atoms with Gasteiger partial charge in [0.1, 0.15) is 24.4 Å². The minimum absolute atomic E-state index is 0.123. The summed E-state index contributed by atoms with van der Waals surface area (Å²) < 4.78 is 6.11. The van der Waals surface area contributed by atoms with Gasteiger partial charge in [-0.05, 0) is 41.5 Å². The van der Waals surface area contributed by atoms with Crippen LogP contribution in [0.5, 0.6) is 5.75 Å². The van der Waals surface area contributed by atoms with Gasteiger partial charge in [0.2, 0.25) is 5.91 Å². The standard InChI is InChI=1S/C27H25BrClN3O5/c1-16(17-5-3-2-4-6-17)24(25(34)30-22-12-9-19(28)15-21(22)29)32-26(35)23(31-27(32)36)18-7-10-20(11-8-18)37-14-13-33/h2-12,15-16,23-24,33H,13-14H2,1H3,(H,30,34)(H,31,36)/t16?,23-,24?/m1/s1. The number of ether oxygens (including phenoxy) is 1. The van der Waals surface area contributed by atoms with Gasteiger partial charge >= 0.3 is 6.03 Å². The molecule has 1 saturated heterocycles. The summed E-state index contributed by atoms with van der Waals surface area (Å²) in [6.45, 7) is 1.81. The molecule has 0 spiro atoms. The highest BCUT2D eigenvalue weighted by Gasteiger charge is 2.47. The fourth-order valence-electron chi connectivity index (χ4n) is 4.21. The molecule has 4 amide bonds. The maximum Gasteiger partial charge on any atom is 0.325 e. The summed E-state index contributed by atoms with van der Waals surface area (Å²) in [5.41, 5.74) is 1.70. The van der Waals surface area contributed by atoms with Crippen molar-refractivity contribution in [2.75, 3.05) is 18.5 Å². The number of nitrogens with zero attached hydrogens (tertiary/aromatic N) is 1. The lowest BCUT2D eigenvalue weighted by molar-refractivity contribution is -0.134. The lowest BCUT2D eigenvalue weighted by atomic mass is 9.91. The quantitative estimate of drug-likeness (QED) is 0.310. The van der Waals surface area contributed by atoms with E-state index in [-0.39, 0.29) is 13.2 Å². The Bertz CT molecular complexity index is 1290. The molecule has 3 aromatic carbocycles. The molecule has 37 heavy (non-hydrogen) atoms. The third kappa shape index (κ3) is 5.95. The third-order valence-electron chi connectivity index (χ3n) is 6.08. The van der Waals surface area contributed by atoms with Crippen LogP contribution < -0.4 is 15.4 Å². The van der Waals surface area contributed by atoms with E-state index < -0.39 is 35.8 Å². The molecule has 1 aliphatic heterocycles. The smallest absolute Gasteiger partial charge is 0.325 e. The summed E-state index contributed by atoms with van der Waals surface area (Å²) in [6.07, 6.45) is 0. The van der Waals surface area contributed by atoms with E-state index in [0.717, 1.165) is 14.9 Å². The van der Waals surface area contributed by atoms with Crippen molar-refractivity contribution in [3.8, 4) is 5.75 Å². The van der Waals surface area contributed by atoms with Gasteiger partial charge in [0.15, 0.2) is 0 Å². The van der Waals surface area contributed by atoms with Crippen LogP contribution >= 0.6 is 27.5 Å². The van der Waals surface area contributed by atoms with Crippen molar-refractivity contribution in [2.24, 2.45) is 0 Å². The maximum absolute atomic E-state index is 13.6. The van der Waals surface area contributed by atoms with Crippen LogP contribution in [0.2, 0.25) is 5.02 Å². The lowest BCUT2D eigenvalue weighted by Gasteiger charge is -2.30. The Labute approximate surface area is 227 Å². The first-order valence-electron chi connectivity index (χ1n) is 11.6. The SMILES string of the molecule is CC(c1ccccc1)C(C(=O)Nc1ccc(Br)cc1Cl)N1C(=O)N[C@H](c2ccc(OCCO)cc2)C1=O. The van der Waals surface area contributed by atoms with Crippen molar-refractivity contribution < 1.29 is 24.2 Å². The second-order valence-electron chi connectivity index (χ2n) is 8.49. The van der Waals surface area contributed by atoms with Crippen molar-refractivity contribution in [2.45, 2.75) is 24.9 Å². The van der Waals surface area contributed by atoms with Crippen LogP contribution in [0.4, 0.5) is 10.5 Å². The molecule has 192 valence electrons. The normalized spacial score (nSPS) is 16.8. The van der Waals surface area contributed by atoms with Crippen molar-refractivity contribution >= 4 is 51.1 Å². The van der Waals surface area contributed by atoms with E-state index in [2.05, 4.69) is 26.6 Å². The number of imide groups is 1. The fraction of sp³-hybridized carbons (Fsp3) is 0.222. The monoisotopic (exact) mass is 585 g/mol. The Morgan fingerprint density at radius 2 is 1.84 bits per heavy atom. The van der Waals surface area contributed by atoms with Crippen molar-refractivity contribution in [3.05, 3.63) is 93.4 Å². The molecule has 1 fully saturated rings. The molecule has 4 rings (SSSR count). The topological polar surface area (TPSA) is 108 Å². The molecule has 0 bridgehead atoms. The molecular formula is C27H25BrClN3O5. The van der Waals surface area contributed by atoms with E-state index in [4.69, 9.17) is 21.4 Å². The summed E-state index contributed by atoms with van der Waals surface area (Å²) in [7, 11) is 0. The van der Waals surface area contributed by atoms with Gasteiger partial charge in [-0.1, -0.05) is 76.9 Å². The predicted octanol–water partition coefficient (Wildman–Crippen LogP) is 4.88. The van der Waals surface area contributed by atoms with Gasteiger partial charge in [-0.3, -0.25) is 9.59 Å². The number of anilines is 1. The first-order chi connectivity index (χ1) is 17.8. The van der Waals surface area contributed by atoms with Crippen LogP contribution in [0, 0.1) is 0 Å². The van der Waals surface area contributed by atoms with Crippen LogP contribution in [0.1, 0.15) is 30.0 Å². The van der Waals surface area contributed by atoms with E-state index >= 15 is 0 Å². The number of halogens is 2. The minimum Gasteiger partial charge on any atom is -0.491 e. The zero-order valence-corrected chi connectivity index (χ0v) is 22.2. The molecule has 3 atom stereocenters. The van der Waals surface area contributed by atoms with Crippen molar-refractivity contribution in [1.82, 2.24) is 10.2 Å². The summed E-state index contributed by atoms with van der Waals surface area (Å²) in [5.74, 6) is -1.08. The second-order valence-corrected chi connectivity index (χ2v) is 9.81. The zero-order valence-electron chi connectivity index (χ0n) is 19.9. The number of benzene rings is 3. The lowest BCUT2D eigenvalue weighted by Crippen LogP contribution is -2.50. The van der Waals surface area contributed by atoms with Crippen LogP contribution in [0.15, 0.2) is 77.3 Å². The predicted molar refractivity (Wildman–Crippen MR) is 144 cm³/mol. The summed E-state index contributed by atoms with van der Waals surface area (Å²) in [5, 5.41) is 14.7. The first-order valence-corrected chi connectivity index (χ1v) is 12.7. The Morgan fingerprint density at radius 1 is 1.14 bits per heavy atom. The molecule has 0 aromatic heterocycles. The Balaban J connectivity index is 1.64. The minimum atomic E-state index is -1.15. The average molecular weight is 587 g/mol. The molecule has 1 aliphatic rings. The average Bonchev–Trinajstić information content (AvgIpc) is 3.19. The molecule has 1 heterocycles. The largest absolute Gasteiger partial charge is 0.491 e. The van der Waals surface area contributed by atoms with Gasteiger partial charge in [0, 0.05) is 10.4 Å². The number of nitrogens with one attached hydrogen (secondary N) is 2. The summed E-state index contributed by atoms with van der Waals surface area (Å²) in [6, 6.07) is 18.1. The maximum atomic E-state index is 13.6. The number of hydrogen-bond donors (Lipinski definition) is 3. The van der Waals surface area contributed by atoms with E-state index in [1.54, 1.807) is 49.4 Å². The number of hydrogen-bond acceptors (Lipinski definition) is 5. The number of aliphatic hydroxyl groups excluding tert-OH is 1. The highest BCUT2D eigenvalue weighted by Crippen LogP contribution is 2.33. The highest BCUT2D eigenvalue weighted by atomic mass is 79.9. The van der Waals surface area contributed by atoms with Gasteiger partial charge < -0.3 is 20.5 Å². The van der Waals surface area contributed by atoms with E-state index in [1.165, 1.54) is 0 Å². The third-order valence-corrected chi connectivity index (χ3v) is 6.89. The Morgan fingerprint density at radius 3 is 2.49 bits per heavy atom. The Kier molecular flexibility index (Phi) is 8.48. The fourth-order valence-corrected chi connectivity index (χ4v) is 4.93. The molecular weight excluding hydrogens is 562 g/mol. The van der Waals surface area contributed by atoms with Crippen LogP contribution in [0.3, 0.4) is 0 Å². The van der Waals surface area contributed by atoms with Crippen molar-refractivity contribution in [1.29, 1.82) is 0 Å². The Hall–Kier alpha value is -3.40. The molecule has 0 radical (unpaired) electrons. The van der Waals surface area contributed by atoms with Crippen molar-refractivity contribution in [3.63, 3.8) is 0 Å². The first kappa shape index (κ1) is 26.7. The number of rotatable bonds is 9. The number of urea groups is 1. The summed E-state index contributed by atoms with van der Waals surface area (Å²) >= 11 is 9.65.